The van der Waals surface area contributed by atoms with E-state index in [0.717, 1.165) is 29.5 Å². The van der Waals surface area contributed by atoms with Crippen LogP contribution in [0.5, 0.6) is 0 Å². The summed E-state index contributed by atoms with van der Waals surface area (Å²) in [5.41, 5.74) is 5.05. The van der Waals surface area contributed by atoms with E-state index in [1.165, 1.54) is 5.56 Å². The second-order valence-corrected chi connectivity index (χ2v) is 12.0. The zero-order chi connectivity index (χ0) is 28.4. The lowest BCUT2D eigenvalue weighted by Crippen LogP contribution is -2.38. The van der Waals surface area contributed by atoms with Crippen LogP contribution in [0, 0.1) is 0 Å². The number of benzene rings is 2. The lowest BCUT2D eigenvalue weighted by atomic mass is 9.86. The van der Waals surface area contributed by atoms with Crippen LogP contribution in [0.2, 0.25) is 5.02 Å². The van der Waals surface area contributed by atoms with Crippen LogP contribution in [-0.4, -0.2) is 52.5 Å². The van der Waals surface area contributed by atoms with Crippen molar-refractivity contribution in [2.24, 2.45) is 0 Å². The van der Waals surface area contributed by atoms with Gasteiger partial charge in [-0.15, -0.1) is 0 Å². The number of hydrogen-bond donors (Lipinski definition) is 2. The molecular weight excluding hydrogens is 526 g/mol. The molecule has 2 aromatic carbocycles. The van der Waals surface area contributed by atoms with Crippen LogP contribution in [0.4, 0.5) is 5.95 Å². The maximum atomic E-state index is 13.3. The van der Waals surface area contributed by atoms with E-state index in [4.69, 9.17) is 16.3 Å². The predicted molar refractivity (Wildman–Crippen MR) is 156 cm³/mol. The molecule has 0 aliphatic carbocycles. The fraction of sp³-hybridized carbons (Fsp3) is 0.419. The maximum absolute atomic E-state index is 13.3. The van der Waals surface area contributed by atoms with Gasteiger partial charge in [0, 0.05) is 36.9 Å². The van der Waals surface area contributed by atoms with Crippen molar-refractivity contribution < 1.29 is 14.3 Å². The first-order chi connectivity index (χ1) is 19.1. The molecule has 2 aliphatic rings. The zero-order valence-electron chi connectivity index (χ0n) is 23.5. The van der Waals surface area contributed by atoms with Gasteiger partial charge in [-0.1, -0.05) is 68.8 Å². The van der Waals surface area contributed by atoms with Gasteiger partial charge in [0.05, 0.1) is 23.0 Å². The Kier molecular flexibility index (Phi) is 8.10. The second-order valence-electron chi connectivity index (χ2n) is 11.6. The molecule has 9 heteroatoms. The van der Waals surface area contributed by atoms with Gasteiger partial charge in [0.15, 0.2) is 0 Å². The molecule has 3 aromatic rings. The van der Waals surface area contributed by atoms with Crippen molar-refractivity contribution in [1.29, 1.82) is 0 Å². The van der Waals surface area contributed by atoms with Gasteiger partial charge in [0.25, 0.3) is 5.91 Å². The number of carbonyl (C=O) groups excluding carboxylic acids is 2. The number of hydrogen-bond acceptors (Lipinski definition) is 6. The van der Waals surface area contributed by atoms with Gasteiger partial charge >= 0.3 is 0 Å². The number of ether oxygens (including phenoxy) is 1. The smallest absolute Gasteiger partial charge is 0.254 e. The summed E-state index contributed by atoms with van der Waals surface area (Å²) in [6.45, 7) is 10.3. The number of amides is 2. The molecule has 1 aromatic heterocycles. The minimum Gasteiger partial charge on any atom is -0.381 e. The lowest BCUT2D eigenvalue weighted by Gasteiger charge is -2.23. The molecular formula is C31H36ClN5O3. The largest absolute Gasteiger partial charge is 0.381 e. The molecule has 2 N–H and O–H groups in total. The Balaban J connectivity index is 1.24. The minimum absolute atomic E-state index is 0.0132. The molecule has 5 rings (SSSR count). The summed E-state index contributed by atoms with van der Waals surface area (Å²) < 4.78 is 5.42. The Labute approximate surface area is 240 Å². The molecule has 2 aliphatic heterocycles. The molecule has 210 valence electrons. The molecule has 1 unspecified atom stereocenters. The molecule has 40 heavy (non-hydrogen) atoms. The number of nitrogens with zero attached hydrogens (tertiary/aromatic N) is 3. The van der Waals surface area contributed by atoms with Crippen molar-refractivity contribution >= 4 is 29.4 Å². The lowest BCUT2D eigenvalue weighted by molar-refractivity contribution is -0.122. The first-order valence-electron chi connectivity index (χ1n) is 13.8. The molecule has 0 saturated carbocycles. The van der Waals surface area contributed by atoms with Crippen molar-refractivity contribution in [2.75, 3.05) is 25.1 Å². The fourth-order valence-electron chi connectivity index (χ4n) is 5.12. The highest BCUT2D eigenvalue weighted by Crippen LogP contribution is 2.32. The summed E-state index contributed by atoms with van der Waals surface area (Å²) in [4.78, 5) is 36.7. The second kappa shape index (κ2) is 11.6. The molecule has 0 radical (unpaired) electrons. The molecule has 1 saturated heterocycles. The monoisotopic (exact) mass is 561 g/mol. The average Bonchev–Trinajstić information content (AvgIpc) is 3.24. The van der Waals surface area contributed by atoms with Gasteiger partial charge in [0.1, 0.15) is 6.54 Å². The van der Waals surface area contributed by atoms with Gasteiger partial charge in [-0.2, -0.15) is 0 Å². The first-order valence-corrected chi connectivity index (χ1v) is 14.2. The predicted octanol–water partition coefficient (Wildman–Crippen LogP) is 5.52. The van der Waals surface area contributed by atoms with Crippen molar-refractivity contribution in [3.8, 4) is 11.3 Å². The highest BCUT2D eigenvalue weighted by Gasteiger charge is 2.30. The van der Waals surface area contributed by atoms with Gasteiger partial charge in [-0.3, -0.25) is 9.59 Å². The summed E-state index contributed by atoms with van der Waals surface area (Å²) in [6, 6.07) is 14.0. The standard InChI is InChI=1S/C31H36ClN5O3/c1-19(20-7-9-23(10-8-20)31(2,3)4)34-27(38)18-37-17-22-6-5-21(15-25(22)29(37)39)28-26(32)16-33-30(36-28)35-24-11-13-40-14-12-24/h5-10,15-16,19,24H,11-14,17-18H2,1-4H3,(H,34,38)(H,33,35,36). The SMILES string of the molecule is CC(NC(=O)CN1Cc2ccc(-c3nc(NC4CCOCC4)ncc3Cl)cc2C1=O)c1ccc(C(C)(C)C)cc1. The van der Waals surface area contributed by atoms with E-state index in [9.17, 15) is 9.59 Å². The Morgan fingerprint density at radius 3 is 2.58 bits per heavy atom. The van der Waals surface area contributed by atoms with Crippen molar-refractivity contribution in [1.82, 2.24) is 20.2 Å². The highest BCUT2D eigenvalue weighted by molar-refractivity contribution is 6.33. The number of anilines is 1. The average molecular weight is 562 g/mol. The number of nitrogens with one attached hydrogen (secondary N) is 2. The van der Waals surface area contributed by atoms with Crippen LogP contribution >= 0.6 is 11.6 Å². The Bertz CT molecular complexity index is 1400. The van der Waals surface area contributed by atoms with Crippen LogP contribution in [0.15, 0.2) is 48.7 Å². The van der Waals surface area contributed by atoms with Gasteiger partial charge < -0.3 is 20.3 Å². The number of rotatable bonds is 7. The summed E-state index contributed by atoms with van der Waals surface area (Å²) in [7, 11) is 0. The van der Waals surface area contributed by atoms with Crippen LogP contribution < -0.4 is 10.6 Å². The molecule has 8 nitrogen and oxygen atoms in total. The number of carbonyl (C=O) groups is 2. The topological polar surface area (TPSA) is 96.5 Å². The minimum atomic E-state index is -0.198. The fourth-order valence-corrected chi connectivity index (χ4v) is 5.32. The molecule has 3 heterocycles. The summed E-state index contributed by atoms with van der Waals surface area (Å²) in [6.07, 6.45) is 3.36. The van der Waals surface area contributed by atoms with Crippen molar-refractivity contribution in [3.63, 3.8) is 0 Å². The van der Waals surface area contributed by atoms with Crippen LogP contribution in [0.25, 0.3) is 11.3 Å². The molecule has 2 amide bonds. The number of aromatic nitrogens is 2. The van der Waals surface area contributed by atoms with E-state index < -0.39 is 0 Å². The third-order valence-electron chi connectivity index (χ3n) is 7.55. The van der Waals surface area contributed by atoms with Crippen LogP contribution in [-0.2, 0) is 21.5 Å². The zero-order valence-corrected chi connectivity index (χ0v) is 24.2. The quantitative estimate of drug-likeness (QED) is 0.394. The highest BCUT2D eigenvalue weighted by atomic mass is 35.5. The van der Waals surface area contributed by atoms with E-state index in [0.29, 0.717) is 42.0 Å². The normalized spacial score (nSPS) is 16.5. The van der Waals surface area contributed by atoms with Gasteiger partial charge in [-0.25, -0.2) is 9.97 Å². The maximum Gasteiger partial charge on any atom is 0.254 e. The van der Waals surface area contributed by atoms with Crippen molar-refractivity contribution in [3.05, 3.63) is 75.9 Å². The van der Waals surface area contributed by atoms with E-state index in [1.807, 2.05) is 31.2 Å². The number of halogens is 1. The van der Waals surface area contributed by atoms with Crippen LogP contribution in [0.1, 0.15) is 73.6 Å². The molecule has 1 atom stereocenters. The molecule has 1 fully saturated rings. The number of fused-ring (bicyclic) bond motifs is 1. The van der Waals surface area contributed by atoms with E-state index >= 15 is 0 Å². The summed E-state index contributed by atoms with van der Waals surface area (Å²) >= 11 is 6.47. The van der Waals surface area contributed by atoms with Crippen molar-refractivity contribution in [2.45, 2.75) is 64.6 Å². The Morgan fingerprint density at radius 1 is 1.15 bits per heavy atom. The van der Waals surface area contributed by atoms with E-state index in [2.05, 4.69) is 53.5 Å². The molecule has 0 spiro atoms. The van der Waals surface area contributed by atoms with E-state index in [1.54, 1.807) is 17.2 Å². The Morgan fingerprint density at radius 2 is 1.88 bits per heavy atom. The summed E-state index contributed by atoms with van der Waals surface area (Å²) in [5.74, 6) is 0.120. The van der Waals surface area contributed by atoms with Gasteiger partial charge in [-0.05, 0) is 47.9 Å². The summed E-state index contributed by atoms with van der Waals surface area (Å²) in [5, 5.41) is 6.80. The van der Waals surface area contributed by atoms with Crippen LogP contribution in [0.3, 0.4) is 0 Å². The van der Waals surface area contributed by atoms with E-state index in [-0.39, 0.29) is 35.9 Å². The third kappa shape index (κ3) is 6.29. The first kappa shape index (κ1) is 28.1. The Hall–Kier alpha value is -3.49. The third-order valence-corrected chi connectivity index (χ3v) is 7.83. The van der Waals surface area contributed by atoms with Gasteiger partial charge in [0.2, 0.25) is 11.9 Å². The molecule has 0 bridgehead atoms.